The van der Waals surface area contributed by atoms with E-state index < -0.39 is 0 Å². The van der Waals surface area contributed by atoms with Crippen LogP contribution in [0.25, 0.3) is 0 Å². The molecule has 0 fully saturated rings. The Morgan fingerprint density at radius 1 is 1.37 bits per heavy atom. The molecule has 100 valence electrons. The van der Waals surface area contributed by atoms with Crippen LogP contribution in [0.1, 0.15) is 23.7 Å². The largest absolute Gasteiger partial charge is 0.378 e. The number of aryl methyl sites for hydroxylation is 1. The molecule has 1 unspecified atom stereocenters. The Labute approximate surface area is 113 Å². The van der Waals surface area contributed by atoms with Crippen molar-refractivity contribution < 1.29 is 0 Å². The average Bonchev–Trinajstić information content (AvgIpc) is 2.77. The fraction of sp³-hybridized carbons (Fsp3) is 0.429. The third kappa shape index (κ3) is 2.28. The highest BCUT2D eigenvalue weighted by Crippen LogP contribution is 2.30. The number of anilines is 2. The monoisotopic (exact) mass is 257 g/mol. The van der Waals surface area contributed by atoms with E-state index >= 15 is 0 Å². The van der Waals surface area contributed by atoms with E-state index in [0.29, 0.717) is 11.9 Å². The molecule has 1 aromatic carbocycles. The van der Waals surface area contributed by atoms with Crippen LogP contribution in [-0.4, -0.2) is 28.9 Å². The van der Waals surface area contributed by atoms with Crippen LogP contribution in [0.3, 0.4) is 0 Å². The molecule has 1 aromatic heterocycles. The summed E-state index contributed by atoms with van der Waals surface area (Å²) < 4.78 is 1.95. The lowest BCUT2D eigenvalue weighted by Gasteiger charge is -2.24. The molecule has 5 nitrogen and oxygen atoms in total. The number of aromatic nitrogens is 3. The van der Waals surface area contributed by atoms with Crippen molar-refractivity contribution in [2.45, 2.75) is 25.3 Å². The molecule has 1 atom stereocenters. The van der Waals surface area contributed by atoms with Crippen LogP contribution in [0.5, 0.6) is 0 Å². The number of hydrogen-bond donors (Lipinski definition) is 1. The quantitative estimate of drug-likeness (QED) is 0.888. The molecule has 0 radical (unpaired) electrons. The van der Waals surface area contributed by atoms with E-state index in [0.717, 1.165) is 25.2 Å². The SMILES string of the molecule is CN(C)c1cccc(C2CCc3nc(N)nn3C2)c1. The predicted octanol–water partition coefficient (Wildman–Crippen LogP) is 1.66. The Bertz CT molecular complexity index is 587. The molecule has 0 bridgehead atoms. The number of benzene rings is 1. The first-order chi connectivity index (χ1) is 9.13. The molecule has 0 saturated carbocycles. The van der Waals surface area contributed by atoms with Crippen LogP contribution in [0.2, 0.25) is 0 Å². The molecule has 2 N–H and O–H groups in total. The van der Waals surface area contributed by atoms with E-state index in [1.165, 1.54) is 11.3 Å². The first-order valence-corrected chi connectivity index (χ1v) is 6.60. The summed E-state index contributed by atoms with van der Waals surface area (Å²) in [5, 5.41) is 4.26. The van der Waals surface area contributed by atoms with Gasteiger partial charge >= 0.3 is 0 Å². The van der Waals surface area contributed by atoms with E-state index in [9.17, 15) is 0 Å². The van der Waals surface area contributed by atoms with Crippen LogP contribution in [0.15, 0.2) is 24.3 Å². The van der Waals surface area contributed by atoms with Gasteiger partial charge in [0.25, 0.3) is 0 Å². The second kappa shape index (κ2) is 4.57. The van der Waals surface area contributed by atoms with Gasteiger partial charge in [0.2, 0.25) is 5.95 Å². The Morgan fingerprint density at radius 3 is 3.00 bits per heavy atom. The lowest BCUT2D eigenvalue weighted by molar-refractivity contribution is 0.423. The third-order valence-corrected chi connectivity index (χ3v) is 3.73. The smallest absolute Gasteiger partial charge is 0.239 e. The van der Waals surface area contributed by atoms with E-state index in [4.69, 9.17) is 5.73 Å². The van der Waals surface area contributed by atoms with E-state index in [2.05, 4.69) is 53.3 Å². The maximum atomic E-state index is 5.66. The molecule has 0 amide bonds. The van der Waals surface area contributed by atoms with Gasteiger partial charge in [-0.1, -0.05) is 12.1 Å². The Morgan fingerprint density at radius 2 is 2.21 bits per heavy atom. The first-order valence-electron chi connectivity index (χ1n) is 6.60. The van der Waals surface area contributed by atoms with Crippen LogP contribution in [0, 0.1) is 0 Å². The Balaban J connectivity index is 1.86. The molecule has 1 aliphatic rings. The standard InChI is InChI=1S/C14H19N5/c1-18(2)12-5-3-4-10(8-12)11-6-7-13-16-14(15)17-19(13)9-11/h3-5,8,11H,6-7,9H2,1-2H3,(H2,15,17). The van der Waals surface area contributed by atoms with Gasteiger partial charge in [-0.25, -0.2) is 4.68 Å². The number of nitrogens with zero attached hydrogens (tertiary/aromatic N) is 4. The Hall–Kier alpha value is -2.04. The first kappa shape index (κ1) is 12.0. The summed E-state index contributed by atoms with van der Waals surface area (Å²) in [4.78, 5) is 6.38. The molecule has 19 heavy (non-hydrogen) atoms. The summed E-state index contributed by atoms with van der Waals surface area (Å²) in [5.41, 5.74) is 8.26. The topological polar surface area (TPSA) is 60.0 Å². The molecule has 3 rings (SSSR count). The highest BCUT2D eigenvalue weighted by molar-refractivity contribution is 5.48. The maximum Gasteiger partial charge on any atom is 0.239 e. The van der Waals surface area contributed by atoms with Gasteiger partial charge in [-0.3, -0.25) is 0 Å². The highest BCUT2D eigenvalue weighted by Gasteiger charge is 2.22. The van der Waals surface area contributed by atoms with Crippen molar-refractivity contribution in [3.8, 4) is 0 Å². The second-order valence-electron chi connectivity index (χ2n) is 5.29. The molecule has 0 aliphatic carbocycles. The van der Waals surface area contributed by atoms with Crippen LogP contribution in [0.4, 0.5) is 11.6 Å². The molecule has 2 heterocycles. The number of fused-ring (bicyclic) bond motifs is 1. The molecule has 5 heteroatoms. The third-order valence-electron chi connectivity index (χ3n) is 3.73. The summed E-state index contributed by atoms with van der Waals surface area (Å²) in [7, 11) is 4.13. The van der Waals surface area contributed by atoms with Gasteiger partial charge in [0, 0.05) is 38.7 Å². The van der Waals surface area contributed by atoms with Gasteiger partial charge in [-0.2, -0.15) is 4.98 Å². The lowest BCUT2D eigenvalue weighted by atomic mass is 9.91. The predicted molar refractivity (Wildman–Crippen MR) is 76.3 cm³/mol. The number of nitrogens with two attached hydrogens (primary N) is 1. The zero-order valence-electron chi connectivity index (χ0n) is 11.4. The van der Waals surface area contributed by atoms with Crippen molar-refractivity contribution in [1.82, 2.24) is 14.8 Å². The van der Waals surface area contributed by atoms with Crippen molar-refractivity contribution in [3.63, 3.8) is 0 Å². The average molecular weight is 257 g/mol. The fourth-order valence-corrected chi connectivity index (χ4v) is 2.66. The van der Waals surface area contributed by atoms with Gasteiger partial charge < -0.3 is 10.6 Å². The molecule has 0 spiro atoms. The summed E-state index contributed by atoms with van der Waals surface area (Å²) in [5.74, 6) is 1.89. The van der Waals surface area contributed by atoms with Gasteiger partial charge in [-0.05, 0) is 24.1 Å². The van der Waals surface area contributed by atoms with E-state index in [1.807, 2.05) is 4.68 Å². The maximum absolute atomic E-state index is 5.66. The van der Waals surface area contributed by atoms with Gasteiger partial charge in [0.1, 0.15) is 5.82 Å². The van der Waals surface area contributed by atoms with Crippen molar-refractivity contribution in [2.24, 2.45) is 0 Å². The fourth-order valence-electron chi connectivity index (χ4n) is 2.66. The minimum Gasteiger partial charge on any atom is -0.378 e. The Kier molecular flexibility index (Phi) is 2.89. The minimum absolute atomic E-state index is 0.387. The summed E-state index contributed by atoms with van der Waals surface area (Å²) in [6.45, 7) is 0.871. The van der Waals surface area contributed by atoms with Crippen LogP contribution < -0.4 is 10.6 Å². The molecule has 1 aliphatic heterocycles. The summed E-state index contributed by atoms with van der Waals surface area (Å²) in [6.07, 6.45) is 2.05. The van der Waals surface area contributed by atoms with Gasteiger partial charge in [0.05, 0.1) is 0 Å². The van der Waals surface area contributed by atoms with Gasteiger partial charge in [0.15, 0.2) is 0 Å². The molecule has 2 aromatic rings. The zero-order chi connectivity index (χ0) is 13.4. The molecular weight excluding hydrogens is 238 g/mol. The minimum atomic E-state index is 0.387. The van der Waals surface area contributed by atoms with E-state index in [1.54, 1.807) is 0 Å². The summed E-state index contributed by atoms with van der Waals surface area (Å²) in [6, 6.07) is 8.71. The van der Waals surface area contributed by atoms with Crippen LogP contribution in [-0.2, 0) is 13.0 Å². The van der Waals surface area contributed by atoms with Crippen molar-refractivity contribution in [1.29, 1.82) is 0 Å². The highest BCUT2D eigenvalue weighted by atomic mass is 15.4. The number of hydrogen-bond acceptors (Lipinski definition) is 4. The van der Waals surface area contributed by atoms with Crippen molar-refractivity contribution in [3.05, 3.63) is 35.7 Å². The number of nitrogen functional groups attached to an aromatic ring is 1. The molecule has 0 saturated heterocycles. The van der Waals surface area contributed by atoms with Crippen molar-refractivity contribution >= 4 is 11.6 Å². The lowest BCUT2D eigenvalue weighted by Crippen LogP contribution is -2.20. The van der Waals surface area contributed by atoms with Crippen molar-refractivity contribution in [2.75, 3.05) is 24.7 Å². The molecular formula is C14H19N5. The summed E-state index contributed by atoms with van der Waals surface area (Å²) >= 11 is 0. The number of rotatable bonds is 2. The zero-order valence-corrected chi connectivity index (χ0v) is 11.4. The van der Waals surface area contributed by atoms with Gasteiger partial charge in [-0.15, -0.1) is 5.10 Å². The normalized spacial score (nSPS) is 18.1. The second-order valence-corrected chi connectivity index (χ2v) is 5.29. The van der Waals surface area contributed by atoms with Crippen LogP contribution >= 0.6 is 0 Å². The van der Waals surface area contributed by atoms with E-state index in [-0.39, 0.29) is 0 Å².